The number of halogens is 1. The highest BCUT2D eigenvalue weighted by atomic mass is 35.5. The SMILES string of the molecule is CC#CC(=O)N1CCN(S(C)(=O)=O)CC1c1cc(Cl)cc(-c2ccnc(NC(C)=O)c2)c1. The molecule has 1 fully saturated rings. The van der Waals surface area contributed by atoms with Crippen LogP contribution in [-0.2, 0) is 19.6 Å². The molecule has 0 saturated carbocycles. The average molecular weight is 475 g/mol. The summed E-state index contributed by atoms with van der Waals surface area (Å²) in [4.78, 5) is 29.7. The lowest BCUT2D eigenvalue weighted by Gasteiger charge is -2.40. The summed E-state index contributed by atoms with van der Waals surface area (Å²) in [5.74, 6) is 4.94. The molecule has 0 radical (unpaired) electrons. The van der Waals surface area contributed by atoms with E-state index in [1.165, 1.54) is 11.2 Å². The van der Waals surface area contributed by atoms with Crippen molar-refractivity contribution in [2.45, 2.75) is 19.9 Å². The summed E-state index contributed by atoms with van der Waals surface area (Å²) in [7, 11) is -3.44. The number of rotatable bonds is 4. The molecule has 168 valence electrons. The Balaban J connectivity index is 2.05. The first-order valence-corrected chi connectivity index (χ1v) is 12.0. The largest absolute Gasteiger partial charge is 0.322 e. The number of amides is 2. The van der Waals surface area contributed by atoms with Crippen LogP contribution in [0.3, 0.4) is 0 Å². The normalized spacial score (nSPS) is 16.8. The summed E-state index contributed by atoms with van der Waals surface area (Å²) in [6.07, 6.45) is 2.72. The minimum absolute atomic E-state index is 0.100. The topological polar surface area (TPSA) is 99.7 Å². The lowest BCUT2D eigenvalue weighted by Crippen LogP contribution is -2.51. The van der Waals surface area contributed by atoms with Gasteiger partial charge in [-0.2, -0.15) is 4.31 Å². The van der Waals surface area contributed by atoms with Crippen LogP contribution in [0.4, 0.5) is 5.82 Å². The smallest absolute Gasteiger partial charge is 0.299 e. The number of carbonyl (C=O) groups excluding carboxylic acids is 2. The van der Waals surface area contributed by atoms with Gasteiger partial charge in [0.05, 0.1) is 12.3 Å². The molecule has 32 heavy (non-hydrogen) atoms. The molecule has 1 aromatic heterocycles. The Morgan fingerprint density at radius 2 is 1.94 bits per heavy atom. The van der Waals surface area contributed by atoms with Gasteiger partial charge in [-0.25, -0.2) is 13.4 Å². The van der Waals surface area contributed by atoms with Crippen molar-refractivity contribution in [1.82, 2.24) is 14.2 Å². The second-order valence-corrected chi connectivity index (χ2v) is 9.81. The molecule has 2 heterocycles. The molecule has 1 saturated heterocycles. The lowest BCUT2D eigenvalue weighted by molar-refractivity contribution is -0.129. The van der Waals surface area contributed by atoms with Crippen LogP contribution in [0.15, 0.2) is 36.5 Å². The second-order valence-electron chi connectivity index (χ2n) is 7.39. The number of pyridine rings is 1. The van der Waals surface area contributed by atoms with Crippen molar-refractivity contribution < 1.29 is 18.0 Å². The number of nitrogens with one attached hydrogen (secondary N) is 1. The van der Waals surface area contributed by atoms with Gasteiger partial charge in [0, 0.05) is 37.8 Å². The van der Waals surface area contributed by atoms with E-state index < -0.39 is 16.1 Å². The van der Waals surface area contributed by atoms with Crippen LogP contribution in [0.5, 0.6) is 0 Å². The molecule has 0 spiro atoms. The molecule has 1 aliphatic heterocycles. The maximum atomic E-state index is 12.6. The van der Waals surface area contributed by atoms with Crippen molar-refractivity contribution in [2.75, 3.05) is 31.2 Å². The maximum absolute atomic E-state index is 12.6. The van der Waals surface area contributed by atoms with Crippen molar-refractivity contribution in [2.24, 2.45) is 0 Å². The van der Waals surface area contributed by atoms with Gasteiger partial charge in [0.1, 0.15) is 5.82 Å². The molecule has 10 heteroatoms. The second kappa shape index (κ2) is 9.69. The zero-order valence-electron chi connectivity index (χ0n) is 17.9. The Morgan fingerprint density at radius 1 is 1.19 bits per heavy atom. The highest BCUT2D eigenvalue weighted by Crippen LogP contribution is 2.33. The van der Waals surface area contributed by atoms with Crippen molar-refractivity contribution in [3.63, 3.8) is 0 Å². The number of anilines is 1. The number of piperazine rings is 1. The van der Waals surface area contributed by atoms with Crippen LogP contribution in [-0.4, -0.2) is 60.3 Å². The van der Waals surface area contributed by atoms with E-state index in [1.807, 2.05) is 6.07 Å². The number of benzene rings is 1. The average Bonchev–Trinajstić information content (AvgIpc) is 2.72. The fraction of sp³-hybridized carbons (Fsp3) is 0.318. The van der Waals surface area contributed by atoms with Gasteiger partial charge in [-0.05, 0) is 59.9 Å². The molecular formula is C22H23ClN4O4S. The summed E-state index contributed by atoms with van der Waals surface area (Å²) in [5.41, 5.74) is 2.19. The van der Waals surface area contributed by atoms with E-state index in [1.54, 1.807) is 42.3 Å². The molecular weight excluding hydrogens is 452 g/mol. The highest BCUT2D eigenvalue weighted by Gasteiger charge is 2.34. The minimum atomic E-state index is -3.44. The number of hydrogen-bond donors (Lipinski definition) is 1. The summed E-state index contributed by atoms with van der Waals surface area (Å²) in [5, 5.41) is 3.07. The third-order valence-electron chi connectivity index (χ3n) is 5.01. The summed E-state index contributed by atoms with van der Waals surface area (Å²) < 4.78 is 25.7. The number of sulfonamides is 1. The Bertz CT molecular complexity index is 1220. The molecule has 8 nitrogen and oxygen atoms in total. The van der Waals surface area contributed by atoms with E-state index >= 15 is 0 Å². The van der Waals surface area contributed by atoms with Crippen LogP contribution in [0.1, 0.15) is 25.5 Å². The van der Waals surface area contributed by atoms with E-state index in [4.69, 9.17) is 11.6 Å². The Morgan fingerprint density at radius 3 is 2.59 bits per heavy atom. The molecule has 1 aromatic carbocycles. The third-order valence-corrected chi connectivity index (χ3v) is 6.50. The Hall–Kier alpha value is -2.93. The molecule has 1 aliphatic rings. The predicted molar refractivity (Wildman–Crippen MR) is 123 cm³/mol. The van der Waals surface area contributed by atoms with Crippen molar-refractivity contribution in [3.05, 3.63) is 47.1 Å². The molecule has 1 unspecified atom stereocenters. The number of hydrogen-bond acceptors (Lipinski definition) is 5. The molecule has 2 aromatic rings. The molecule has 0 aliphatic carbocycles. The highest BCUT2D eigenvalue weighted by molar-refractivity contribution is 7.88. The van der Waals surface area contributed by atoms with Gasteiger partial charge < -0.3 is 10.2 Å². The zero-order valence-corrected chi connectivity index (χ0v) is 19.5. The van der Waals surface area contributed by atoms with Crippen LogP contribution in [0, 0.1) is 11.8 Å². The first-order valence-electron chi connectivity index (χ1n) is 9.81. The first-order chi connectivity index (χ1) is 15.1. The standard InChI is InChI=1S/C22H23ClN4O4S/c1-4-5-22(29)27-9-8-26(32(3,30)31)14-20(27)18-10-17(11-19(23)12-18)16-6-7-24-21(13-16)25-15(2)28/h6-7,10-13,20H,8-9,14H2,1-3H3,(H,24,25,28). The van der Waals surface area contributed by atoms with E-state index in [0.29, 0.717) is 16.4 Å². The summed E-state index contributed by atoms with van der Waals surface area (Å²) in [6.45, 7) is 3.49. The molecule has 1 atom stereocenters. The van der Waals surface area contributed by atoms with Gasteiger partial charge in [0.25, 0.3) is 5.91 Å². The molecule has 3 rings (SSSR count). The van der Waals surface area contributed by atoms with Crippen LogP contribution >= 0.6 is 11.6 Å². The Kier molecular flexibility index (Phi) is 7.19. The Labute approximate surface area is 192 Å². The van der Waals surface area contributed by atoms with E-state index in [-0.39, 0.29) is 31.4 Å². The van der Waals surface area contributed by atoms with Gasteiger partial charge in [-0.3, -0.25) is 9.59 Å². The number of nitrogens with zero attached hydrogens (tertiary/aromatic N) is 3. The van der Waals surface area contributed by atoms with Crippen LogP contribution in [0.2, 0.25) is 5.02 Å². The predicted octanol–water partition coefficient (Wildman–Crippen LogP) is 2.53. The lowest BCUT2D eigenvalue weighted by atomic mass is 9.97. The van der Waals surface area contributed by atoms with Gasteiger partial charge in [-0.15, -0.1) is 0 Å². The maximum Gasteiger partial charge on any atom is 0.299 e. The fourth-order valence-electron chi connectivity index (χ4n) is 3.60. The van der Waals surface area contributed by atoms with Crippen LogP contribution < -0.4 is 5.32 Å². The summed E-state index contributed by atoms with van der Waals surface area (Å²) in [6, 6.07) is 8.27. The van der Waals surface area contributed by atoms with E-state index in [0.717, 1.165) is 17.4 Å². The van der Waals surface area contributed by atoms with E-state index in [2.05, 4.69) is 22.1 Å². The van der Waals surface area contributed by atoms with Crippen molar-refractivity contribution in [3.8, 4) is 23.0 Å². The monoisotopic (exact) mass is 474 g/mol. The zero-order chi connectivity index (χ0) is 23.5. The van der Waals surface area contributed by atoms with Gasteiger partial charge in [0.2, 0.25) is 15.9 Å². The van der Waals surface area contributed by atoms with Gasteiger partial charge in [0.15, 0.2) is 0 Å². The number of carbonyl (C=O) groups is 2. The number of aromatic nitrogens is 1. The minimum Gasteiger partial charge on any atom is -0.322 e. The quantitative estimate of drug-likeness (QED) is 0.686. The van der Waals surface area contributed by atoms with Crippen molar-refractivity contribution >= 4 is 39.3 Å². The molecule has 1 N–H and O–H groups in total. The van der Waals surface area contributed by atoms with Gasteiger partial charge in [-0.1, -0.05) is 17.5 Å². The third kappa shape index (κ3) is 5.65. The first kappa shape index (κ1) is 23.7. The summed E-state index contributed by atoms with van der Waals surface area (Å²) >= 11 is 6.41. The van der Waals surface area contributed by atoms with E-state index in [9.17, 15) is 18.0 Å². The fourth-order valence-corrected chi connectivity index (χ4v) is 4.67. The molecule has 2 amide bonds. The van der Waals surface area contributed by atoms with Crippen molar-refractivity contribution in [1.29, 1.82) is 0 Å². The van der Waals surface area contributed by atoms with Crippen LogP contribution in [0.25, 0.3) is 11.1 Å². The molecule has 0 bridgehead atoms. The van der Waals surface area contributed by atoms with Gasteiger partial charge >= 0.3 is 0 Å².